The molecule has 2 amide bonds. The van der Waals surface area contributed by atoms with Gasteiger partial charge in [-0.15, -0.1) is 21.5 Å². The third-order valence-electron chi connectivity index (χ3n) is 3.53. The molecule has 0 saturated heterocycles. The molecule has 1 aromatic carbocycles. The van der Waals surface area contributed by atoms with Crippen LogP contribution in [0.2, 0.25) is 0 Å². The second-order valence-electron chi connectivity index (χ2n) is 5.18. The first-order valence-electron chi connectivity index (χ1n) is 7.40. The molecule has 4 rings (SSSR count). The lowest BCUT2D eigenvalue weighted by Crippen LogP contribution is -2.43. The number of rotatable bonds is 4. The molecule has 0 saturated carbocycles. The van der Waals surface area contributed by atoms with Gasteiger partial charge in [0.05, 0.1) is 22.0 Å². The maximum atomic E-state index is 12.6. The number of nitrogens with one attached hydrogen (secondary N) is 1. The van der Waals surface area contributed by atoms with Crippen molar-refractivity contribution in [3.63, 3.8) is 0 Å². The first-order chi connectivity index (χ1) is 12.2. The van der Waals surface area contributed by atoms with Crippen molar-refractivity contribution in [2.75, 3.05) is 22.5 Å². The summed E-state index contributed by atoms with van der Waals surface area (Å²) in [6.45, 7) is 0.000680. The second-order valence-corrected chi connectivity index (χ2v) is 7.06. The molecule has 0 unspecified atom stereocenters. The Morgan fingerprint density at radius 3 is 3.00 bits per heavy atom. The molecular weight excluding hydrogens is 360 g/mol. The Balaban J connectivity index is 1.45. The number of nitrogens with zero attached hydrogens (tertiary/aromatic N) is 3. The van der Waals surface area contributed by atoms with E-state index in [-0.39, 0.29) is 24.1 Å². The number of thioether (sulfide) groups is 1. The van der Waals surface area contributed by atoms with Crippen LogP contribution in [0.25, 0.3) is 10.8 Å². The SMILES string of the molecule is O=C1CN(C(=O)CSc2nnc(-c3cccs3)o2)c2ccccc2N1. The number of benzene rings is 1. The molecule has 1 aliphatic rings. The summed E-state index contributed by atoms with van der Waals surface area (Å²) in [4.78, 5) is 26.7. The van der Waals surface area contributed by atoms with Crippen LogP contribution < -0.4 is 10.2 Å². The van der Waals surface area contributed by atoms with Gasteiger partial charge in [-0.25, -0.2) is 0 Å². The Bertz CT molecular complexity index is 923. The van der Waals surface area contributed by atoms with Crippen LogP contribution in [0.3, 0.4) is 0 Å². The van der Waals surface area contributed by atoms with Crippen LogP contribution in [-0.2, 0) is 9.59 Å². The van der Waals surface area contributed by atoms with Crippen molar-refractivity contribution in [2.45, 2.75) is 5.22 Å². The second kappa shape index (κ2) is 6.69. The van der Waals surface area contributed by atoms with E-state index in [1.807, 2.05) is 29.6 Å². The summed E-state index contributed by atoms with van der Waals surface area (Å²) in [6.07, 6.45) is 0. The molecule has 2 aromatic heterocycles. The zero-order valence-corrected chi connectivity index (χ0v) is 14.5. The lowest BCUT2D eigenvalue weighted by atomic mass is 10.2. The summed E-state index contributed by atoms with van der Waals surface area (Å²) < 4.78 is 5.56. The van der Waals surface area contributed by atoms with Gasteiger partial charge in [-0.1, -0.05) is 30.0 Å². The number of carbonyl (C=O) groups is 2. The molecule has 0 bridgehead atoms. The fraction of sp³-hybridized carbons (Fsp3) is 0.125. The zero-order valence-electron chi connectivity index (χ0n) is 12.8. The highest BCUT2D eigenvalue weighted by molar-refractivity contribution is 7.99. The number of fused-ring (bicyclic) bond motifs is 1. The third-order valence-corrected chi connectivity index (χ3v) is 5.19. The largest absolute Gasteiger partial charge is 0.410 e. The van der Waals surface area contributed by atoms with E-state index in [0.717, 1.165) is 16.6 Å². The molecule has 0 aliphatic carbocycles. The van der Waals surface area contributed by atoms with E-state index < -0.39 is 0 Å². The molecule has 126 valence electrons. The van der Waals surface area contributed by atoms with Crippen LogP contribution in [0.5, 0.6) is 0 Å². The summed E-state index contributed by atoms with van der Waals surface area (Å²) >= 11 is 2.66. The van der Waals surface area contributed by atoms with Gasteiger partial charge >= 0.3 is 0 Å². The lowest BCUT2D eigenvalue weighted by molar-refractivity contribution is -0.120. The molecule has 7 nitrogen and oxygen atoms in total. The Labute approximate surface area is 151 Å². The van der Waals surface area contributed by atoms with Crippen molar-refractivity contribution in [1.29, 1.82) is 0 Å². The lowest BCUT2D eigenvalue weighted by Gasteiger charge is -2.28. The van der Waals surface area contributed by atoms with Gasteiger partial charge in [0.15, 0.2) is 0 Å². The zero-order chi connectivity index (χ0) is 17.2. The van der Waals surface area contributed by atoms with E-state index in [9.17, 15) is 9.59 Å². The van der Waals surface area contributed by atoms with Gasteiger partial charge in [-0.3, -0.25) is 9.59 Å². The van der Waals surface area contributed by atoms with E-state index in [0.29, 0.717) is 22.5 Å². The third kappa shape index (κ3) is 3.28. The van der Waals surface area contributed by atoms with E-state index in [1.165, 1.54) is 16.2 Å². The van der Waals surface area contributed by atoms with Gasteiger partial charge < -0.3 is 14.6 Å². The summed E-state index contributed by atoms with van der Waals surface area (Å²) in [5.41, 5.74) is 1.33. The normalized spacial score (nSPS) is 13.4. The topological polar surface area (TPSA) is 88.3 Å². The van der Waals surface area contributed by atoms with E-state index in [1.54, 1.807) is 12.1 Å². The highest BCUT2D eigenvalue weighted by atomic mass is 32.2. The van der Waals surface area contributed by atoms with E-state index in [4.69, 9.17) is 4.42 Å². The fourth-order valence-electron chi connectivity index (χ4n) is 2.43. The molecule has 3 heterocycles. The number of para-hydroxylation sites is 2. The minimum atomic E-state index is -0.213. The Kier molecular flexibility index (Phi) is 4.24. The highest BCUT2D eigenvalue weighted by Gasteiger charge is 2.26. The standard InChI is InChI=1S/C16H12N4O3S2/c21-13-8-20(11-5-2-1-4-10(11)17-13)14(22)9-25-16-19-18-15(23-16)12-6-3-7-24-12/h1-7H,8-9H2,(H,17,21). The molecule has 9 heteroatoms. The van der Waals surface area contributed by atoms with Crippen LogP contribution in [0.15, 0.2) is 51.4 Å². The molecule has 0 atom stereocenters. The van der Waals surface area contributed by atoms with Gasteiger partial charge in [0.25, 0.3) is 11.1 Å². The minimum Gasteiger partial charge on any atom is -0.410 e. The predicted octanol–water partition coefficient (Wildman–Crippen LogP) is 2.88. The monoisotopic (exact) mass is 372 g/mol. The molecule has 1 N–H and O–H groups in total. The van der Waals surface area contributed by atoms with Crippen molar-refractivity contribution in [3.05, 3.63) is 41.8 Å². The maximum absolute atomic E-state index is 12.6. The summed E-state index contributed by atoms with van der Waals surface area (Å²) in [7, 11) is 0. The van der Waals surface area contributed by atoms with Gasteiger partial charge in [0.1, 0.15) is 6.54 Å². The molecule has 3 aromatic rings. The summed E-state index contributed by atoms with van der Waals surface area (Å²) in [5, 5.41) is 12.9. The number of aromatic nitrogens is 2. The van der Waals surface area contributed by atoms with Crippen LogP contribution in [-0.4, -0.2) is 34.3 Å². The van der Waals surface area contributed by atoms with Crippen molar-refractivity contribution < 1.29 is 14.0 Å². The first-order valence-corrected chi connectivity index (χ1v) is 9.26. The molecular formula is C16H12N4O3S2. The predicted molar refractivity (Wildman–Crippen MR) is 95.8 cm³/mol. The fourth-order valence-corrected chi connectivity index (χ4v) is 3.71. The average molecular weight is 372 g/mol. The van der Waals surface area contributed by atoms with Crippen molar-refractivity contribution >= 4 is 46.3 Å². The minimum absolute atomic E-state index is 0.000680. The Morgan fingerprint density at radius 1 is 1.28 bits per heavy atom. The van der Waals surface area contributed by atoms with Crippen LogP contribution in [0.4, 0.5) is 11.4 Å². The van der Waals surface area contributed by atoms with Gasteiger partial charge in [-0.05, 0) is 23.6 Å². The van der Waals surface area contributed by atoms with Crippen LogP contribution >= 0.6 is 23.1 Å². The molecule has 1 aliphatic heterocycles. The van der Waals surface area contributed by atoms with Crippen molar-refractivity contribution in [3.8, 4) is 10.8 Å². The van der Waals surface area contributed by atoms with E-state index >= 15 is 0 Å². The average Bonchev–Trinajstić information content (AvgIpc) is 3.30. The number of hydrogen-bond donors (Lipinski definition) is 1. The van der Waals surface area contributed by atoms with Crippen molar-refractivity contribution in [2.24, 2.45) is 0 Å². The van der Waals surface area contributed by atoms with Crippen molar-refractivity contribution in [1.82, 2.24) is 10.2 Å². The first kappa shape index (κ1) is 15.9. The summed E-state index contributed by atoms with van der Waals surface area (Å²) in [6, 6.07) is 11.0. The molecule has 0 fully saturated rings. The number of hydrogen-bond acceptors (Lipinski definition) is 7. The number of amides is 2. The van der Waals surface area contributed by atoms with Gasteiger partial charge in [-0.2, -0.15) is 0 Å². The Morgan fingerprint density at radius 2 is 2.16 bits per heavy atom. The van der Waals surface area contributed by atoms with Gasteiger partial charge in [0.2, 0.25) is 11.8 Å². The van der Waals surface area contributed by atoms with Crippen LogP contribution in [0, 0.1) is 0 Å². The molecule has 0 spiro atoms. The number of carbonyl (C=O) groups excluding carboxylic acids is 2. The number of anilines is 2. The van der Waals surface area contributed by atoms with Crippen LogP contribution in [0.1, 0.15) is 0 Å². The highest BCUT2D eigenvalue weighted by Crippen LogP contribution is 2.30. The quantitative estimate of drug-likeness (QED) is 0.709. The maximum Gasteiger partial charge on any atom is 0.277 e. The Hall–Kier alpha value is -2.65. The summed E-state index contributed by atoms with van der Waals surface area (Å²) in [5.74, 6) is 0.138. The van der Waals surface area contributed by atoms with Gasteiger partial charge in [0, 0.05) is 0 Å². The molecule has 0 radical (unpaired) electrons. The van der Waals surface area contributed by atoms with E-state index in [2.05, 4.69) is 15.5 Å². The molecule has 25 heavy (non-hydrogen) atoms. The smallest absolute Gasteiger partial charge is 0.277 e. The number of thiophene rings is 1.